The summed E-state index contributed by atoms with van der Waals surface area (Å²) in [6.07, 6.45) is 0. The lowest BCUT2D eigenvalue weighted by molar-refractivity contribution is -0.115. The third kappa shape index (κ3) is 4.04. The monoisotopic (exact) mass is 374 g/mol. The summed E-state index contributed by atoms with van der Waals surface area (Å²) in [6, 6.07) is 4.53. The second-order valence-corrected chi connectivity index (χ2v) is 7.49. The number of halogens is 2. The number of benzene rings is 1. The van der Waals surface area contributed by atoms with E-state index in [0.29, 0.717) is 4.47 Å². The number of anilines is 1. The Morgan fingerprint density at radius 3 is 2.90 bits per heavy atom. The Balaban J connectivity index is 2.00. The predicted octanol–water partition coefficient (Wildman–Crippen LogP) is 4.47. The molecule has 106 valence electrons. The van der Waals surface area contributed by atoms with Gasteiger partial charge in [0, 0.05) is 15.5 Å². The third-order valence-electron chi connectivity index (χ3n) is 2.43. The molecule has 7 heteroatoms. The molecule has 0 bridgehead atoms. The van der Waals surface area contributed by atoms with Crippen LogP contribution in [0.1, 0.15) is 12.6 Å². The van der Waals surface area contributed by atoms with E-state index in [0.717, 1.165) is 10.0 Å². The Hall–Kier alpha value is -0.920. The molecule has 1 heterocycles. The quantitative estimate of drug-likeness (QED) is 0.802. The van der Waals surface area contributed by atoms with Crippen LogP contribution in [0.5, 0.6) is 0 Å². The fourth-order valence-corrected chi connectivity index (χ4v) is 3.74. The molecule has 1 amide bonds. The molecule has 1 aromatic heterocycles. The molecule has 0 unspecified atom stereocenters. The average molecular weight is 375 g/mol. The van der Waals surface area contributed by atoms with Crippen LogP contribution >= 0.6 is 39.0 Å². The topological polar surface area (TPSA) is 42.0 Å². The van der Waals surface area contributed by atoms with Gasteiger partial charge in [0.15, 0.2) is 4.34 Å². The number of carbonyl (C=O) groups is 1. The second-order valence-electron chi connectivity index (χ2n) is 4.13. The molecule has 20 heavy (non-hydrogen) atoms. The maximum atomic E-state index is 13.6. The lowest BCUT2D eigenvalue weighted by Gasteiger charge is -2.11. The van der Waals surface area contributed by atoms with E-state index in [1.807, 2.05) is 12.3 Å². The van der Waals surface area contributed by atoms with E-state index in [2.05, 4.69) is 26.2 Å². The van der Waals surface area contributed by atoms with Gasteiger partial charge in [0.2, 0.25) is 5.91 Å². The second kappa shape index (κ2) is 6.69. The van der Waals surface area contributed by atoms with E-state index in [9.17, 15) is 9.18 Å². The van der Waals surface area contributed by atoms with Crippen molar-refractivity contribution in [2.24, 2.45) is 0 Å². The summed E-state index contributed by atoms with van der Waals surface area (Å²) in [4.78, 5) is 16.3. The molecule has 0 spiro atoms. The van der Waals surface area contributed by atoms with Gasteiger partial charge in [-0.1, -0.05) is 27.7 Å². The standard InChI is InChI=1S/C13H12BrFN2OS2/c1-7-6-19-13(16-7)20-8(2)12(18)17-11-4-3-9(14)5-10(11)15/h3-6,8H,1-2H3,(H,17,18)/t8-/m1/s1. The number of thioether (sulfide) groups is 1. The zero-order valence-electron chi connectivity index (χ0n) is 10.8. The Morgan fingerprint density at radius 2 is 2.30 bits per heavy atom. The number of thiazole rings is 1. The van der Waals surface area contributed by atoms with Crippen LogP contribution in [-0.2, 0) is 4.79 Å². The molecule has 3 nitrogen and oxygen atoms in total. The van der Waals surface area contributed by atoms with Crippen molar-refractivity contribution in [3.63, 3.8) is 0 Å². The van der Waals surface area contributed by atoms with Crippen LogP contribution in [-0.4, -0.2) is 16.1 Å². The van der Waals surface area contributed by atoms with Crippen molar-refractivity contribution >= 4 is 50.6 Å². The summed E-state index contributed by atoms with van der Waals surface area (Å²) in [5.41, 5.74) is 1.12. The smallest absolute Gasteiger partial charge is 0.237 e. The van der Waals surface area contributed by atoms with Crippen molar-refractivity contribution in [2.75, 3.05) is 5.32 Å². The van der Waals surface area contributed by atoms with Gasteiger partial charge in [-0.2, -0.15) is 0 Å². The van der Waals surface area contributed by atoms with Crippen LogP contribution < -0.4 is 5.32 Å². The molecule has 0 aliphatic rings. The van der Waals surface area contributed by atoms with Gasteiger partial charge < -0.3 is 5.32 Å². The minimum Gasteiger partial charge on any atom is -0.323 e. The normalized spacial score (nSPS) is 12.2. The van der Waals surface area contributed by atoms with Crippen LogP contribution in [0, 0.1) is 12.7 Å². The molecule has 1 aromatic carbocycles. The highest BCUT2D eigenvalue weighted by molar-refractivity contribution is 9.10. The number of carbonyl (C=O) groups excluding carboxylic acids is 1. The molecule has 2 aromatic rings. The first-order valence-electron chi connectivity index (χ1n) is 5.80. The number of nitrogens with one attached hydrogen (secondary N) is 1. The van der Waals surface area contributed by atoms with Gasteiger partial charge in [0.05, 0.1) is 10.9 Å². The maximum Gasteiger partial charge on any atom is 0.237 e. The van der Waals surface area contributed by atoms with Crippen molar-refractivity contribution < 1.29 is 9.18 Å². The van der Waals surface area contributed by atoms with Crippen LogP contribution in [0.4, 0.5) is 10.1 Å². The summed E-state index contributed by atoms with van der Waals surface area (Å²) < 4.78 is 15.1. The lowest BCUT2D eigenvalue weighted by atomic mass is 10.3. The van der Waals surface area contributed by atoms with Crippen LogP contribution in [0.2, 0.25) is 0 Å². The summed E-state index contributed by atoms with van der Waals surface area (Å²) >= 11 is 6.04. The molecule has 1 atom stereocenters. The highest BCUT2D eigenvalue weighted by atomic mass is 79.9. The molecule has 0 aliphatic heterocycles. The van der Waals surface area contributed by atoms with Gasteiger partial charge in [-0.3, -0.25) is 4.79 Å². The third-order valence-corrected chi connectivity index (χ3v) is 5.12. The fraction of sp³-hybridized carbons (Fsp3) is 0.231. The molecule has 0 radical (unpaired) electrons. The summed E-state index contributed by atoms with van der Waals surface area (Å²) in [5, 5.41) is 4.17. The van der Waals surface area contributed by atoms with Gasteiger partial charge in [-0.05, 0) is 32.0 Å². The van der Waals surface area contributed by atoms with Crippen molar-refractivity contribution in [3.8, 4) is 0 Å². The van der Waals surface area contributed by atoms with Gasteiger partial charge in [-0.15, -0.1) is 11.3 Å². The number of aryl methyl sites for hydroxylation is 1. The van der Waals surface area contributed by atoms with Crippen LogP contribution in [0.15, 0.2) is 32.4 Å². The Labute approximate surface area is 133 Å². The number of aromatic nitrogens is 1. The minimum absolute atomic E-state index is 0.181. The average Bonchev–Trinajstić information content (AvgIpc) is 2.78. The first kappa shape index (κ1) is 15.5. The number of rotatable bonds is 4. The van der Waals surface area contributed by atoms with Crippen molar-refractivity contribution in [1.82, 2.24) is 4.98 Å². The zero-order valence-corrected chi connectivity index (χ0v) is 14.0. The van der Waals surface area contributed by atoms with Crippen molar-refractivity contribution in [1.29, 1.82) is 0 Å². The van der Waals surface area contributed by atoms with Gasteiger partial charge in [0.1, 0.15) is 5.82 Å². The fourth-order valence-electron chi connectivity index (χ4n) is 1.42. The van der Waals surface area contributed by atoms with E-state index in [1.165, 1.54) is 35.2 Å². The van der Waals surface area contributed by atoms with Gasteiger partial charge in [-0.25, -0.2) is 9.37 Å². The first-order chi connectivity index (χ1) is 9.45. The number of nitrogens with zero attached hydrogens (tertiary/aromatic N) is 1. The summed E-state index contributed by atoms with van der Waals surface area (Å²) in [7, 11) is 0. The van der Waals surface area contributed by atoms with Gasteiger partial charge >= 0.3 is 0 Å². The van der Waals surface area contributed by atoms with E-state index >= 15 is 0 Å². The number of amides is 1. The Bertz CT molecular complexity index is 633. The highest BCUT2D eigenvalue weighted by Gasteiger charge is 2.17. The summed E-state index contributed by atoms with van der Waals surface area (Å²) in [5.74, 6) is -0.709. The largest absolute Gasteiger partial charge is 0.323 e. The minimum atomic E-state index is -0.463. The SMILES string of the molecule is Cc1csc(S[C@H](C)C(=O)Nc2ccc(Br)cc2F)n1. The van der Waals surface area contributed by atoms with E-state index < -0.39 is 5.82 Å². The zero-order chi connectivity index (χ0) is 14.7. The van der Waals surface area contributed by atoms with Crippen LogP contribution in [0.25, 0.3) is 0 Å². The Morgan fingerprint density at radius 1 is 1.55 bits per heavy atom. The molecule has 0 aliphatic carbocycles. The van der Waals surface area contributed by atoms with E-state index in [-0.39, 0.29) is 16.8 Å². The van der Waals surface area contributed by atoms with Crippen molar-refractivity contribution in [2.45, 2.75) is 23.4 Å². The molecule has 0 saturated carbocycles. The summed E-state index contributed by atoms with van der Waals surface area (Å²) in [6.45, 7) is 3.68. The van der Waals surface area contributed by atoms with Gasteiger partial charge in [0.25, 0.3) is 0 Å². The maximum absolute atomic E-state index is 13.6. The highest BCUT2D eigenvalue weighted by Crippen LogP contribution is 2.27. The van der Waals surface area contributed by atoms with Crippen molar-refractivity contribution in [3.05, 3.63) is 39.6 Å². The molecule has 0 fully saturated rings. The lowest BCUT2D eigenvalue weighted by Crippen LogP contribution is -2.22. The molecular weight excluding hydrogens is 363 g/mol. The first-order valence-corrected chi connectivity index (χ1v) is 8.35. The predicted molar refractivity (Wildman–Crippen MR) is 84.9 cm³/mol. The van der Waals surface area contributed by atoms with E-state index in [1.54, 1.807) is 13.0 Å². The molecule has 2 rings (SSSR count). The Kier molecular flexibility index (Phi) is 5.17. The molecule has 1 N–H and O–H groups in total. The molecular formula is C13H12BrFN2OS2. The van der Waals surface area contributed by atoms with E-state index in [4.69, 9.17) is 0 Å². The number of hydrogen-bond donors (Lipinski definition) is 1. The number of hydrogen-bond acceptors (Lipinski definition) is 4. The molecule has 0 saturated heterocycles. The van der Waals surface area contributed by atoms with Crippen LogP contribution in [0.3, 0.4) is 0 Å².